The molecule has 0 unspecified atom stereocenters. The molecule has 1 amide bonds. The molecule has 0 fully saturated rings. The molecule has 5 nitrogen and oxygen atoms in total. The summed E-state index contributed by atoms with van der Waals surface area (Å²) in [4.78, 5) is 25.4. The summed E-state index contributed by atoms with van der Waals surface area (Å²) in [6, 6.07) is 7.39. The van der Waals surface area contributed by atoms with Gasteiger partial charge in [-0.2, -0.15) is 0 Å². The lowest BCUT2D eigenvalue weighted by molar-refractivity contribution is 0.102. The maximum atomic E-state index is 11.9. The largest absolute Gasteiger partial charge is 0.508 e. The smallest absolute Gasteiger partial charge is 0.255 e. The van der Waals surface area contributed by atoms with Gasteiger partial charge in [0.25, 0.3) is 5.91 Å². The highest BCUT2D eigenvalue weighted by Gasteiger charge is 2.08. The summed E-state index contributed by atoms with van der Waals surface area (Å²) in [5, 5.41) is 11.9. The van der Waals surface area contributed by atoms with Crippen LogP contribution < -0.4 is 10.9 Å². The highest BCUT2D eigenvalue weighted by atomic mass is 16.3. The number of H-pyrrole nitrogens is 1. The van der Waals surface area contributed by atoms with Gasteiger partial charge in [0.1, 0.15) is 5.75 Å². The van der Waals surface area contributed by atoms with Crippen LogP contribution in [0.2, 0.25) is 0 Å². The summed E-state index contributed by atoms with van der Waals surface area (Å²) >= 11 is 0. The number of amides is 1. The molecule has 92 valence electrons. The van der Waals surface area contributed by atoms with E-state index in [0.29, 0.717) is 5.69 Å². The van der Waals surface area contributed by atoms with Gasteiger partial charge in [0.15, 0.2) is 0 Å². The van der Waals surface area contributed by atoms with Crippen molar-refractivity contribution in [2.24, 2.45) is 0 Å². The summed E-state index contributed by atoms with van der Waals surface area (Å²) < 4.78 is 0. The molecule has 0 spiro atoms. The molecule has 2 rings (SSSR count). The predicted molar refractivity (Wildman–Crippen MR) is 67.9 cm³/mol. The Kier molecular flexibility index (Phi) is 3.14. The lowest BCUT2D eigenvalue weighted by Crippen LogP contribution is -2.16. The van der Waals surface area contributed by atoms with Crippen LogP contribution in [0.5, 0.6) is 5.75 Å². The van der Waals surface area contributed by atoms with Crippen molar-refractivity contribution in [1.29, 1.82) is 0 Å². The van der Waals surface area contributed by atoms with Crippen molar-refractivity contribution in [1.82, 2.24) is 4.98 Å². The number of aromatic amines is 1. The summed E-state index contributed by atoms with van der Waals surface area (Å²) in [5.41, 5.74) is 1.29. The van der Waals surface area contributed by atoms with Crippen LogP contribution in [-0.4, -0.2) is 16.0 Å². The molecule has 0 atom stereocenters. The van der Waals surface area contributed by atoms with E-state index in [2.05, 4.69) is 10.3 Å². The highest BCUT2D eigenvalue weighted by Crippen LogP contribution is 2.20. The molecule has 18 heavy (non-hydrogen) atoms. The van der Waals surface area contributed by atoms with Gasteiger partial charge in [-0.1, -0.05) is 0 Å². The van der Waals surface area contributed by atoms with Crippen LogP contribution in [0, 0.1) is 6.92 Å². The van der Waals surface area contributed by atoms with E-state index in [4.69, 9.17) is 0 Å². The van der Waals surface area contributed by atoms with E-state index in [0.717, 1.165) is 5.56 Å². The molecule has 2 aromatic rings. The molecular weight excluding hydrogens is 232 g/mol. The van der Waals surface area contributed by atoms with Gasteiger partial charge in [-0.25, -0.2) is 0 Å². The number of benzene rings is 1. The second-order valence-electron chi connectivity index (χ2n) is 3.89. The third-order valence-electron chi connectivity index (χ3n) is 2.50. The molecule has 0 saturated heterocycles. The lowest BCUT2D eigenvalue weighted by atomic mass is 10.1. The average molecular weight is 244 g/mol. The minimum absolute atomic E-state index is 0.140. The zero-order valence-electron chi connectivity index (χ0n) is 9.73. The van der Waals surface area contributed by atoms with Gasteiger partial charge in [0, 0.05) is 23.5 Å². The number of carbonyl (C=O) groups is 1. The fourth-order valence-electron chi connectivity index (χ4n) is 1.57. The highest BCUT2D eigenvalue weighted by molar-refractivity contribution is 6.04. The number of aromatic hydroxyl groups is 1. The quantitative estimate of drug-likeness (QED) is 0.702. The van der Waals surface area contributed by atoms with Gasteiger partial charge < -0.3 is 15.4 Å². The number of hydrogen-bond acceptors (Lipinski definition) is 3. The third kappa shape index (κ3) is 2.57. The standard InChI is InChI=1S/C13H12N2O3/c1-8-6-10(16)2-3-11(8)15-13(18)9-4-5-14-12(17)7-9/h2-7,16H,1H3,(H,14,17)(H,15,18). The molecule has 1 aromatic carbocycles. The number of phenolic OH excluding ortho intramolecular Hbond substituents is 1. The Bertz CT molecular complexity index is 647. The van der Waals surface area contributed by atoms with Crippen LogP contribution in [0.1, 0.15) is 15.9 Å². The predicted octanol–water partition coefficient (Wildman–Crippen LogP) is 1.64. The number of pyridine rings is 1. The van der Waals surface area contributed by atoms with Crippen LogP contribution in [-0.2, 0) is 0 Å². The molecule has 0 aliphatic rings. The van der Waals surface area contributed by atoms with Crippen molar-refractivity contribution in [2.75, 3.05) is 5.32 Å². The molecule has 0 aliphatic carbocycles. The zero-order valence-corrected chi connectivity index (χ0v) is 9.73. The minimum atomic E-state index is -0.366. The van der Waals surface area contributed by atoms with Crippen molar-refractivity contribution < 1.29 is 9.90 Å². The first-order valence-electron chi connectivity index (χ1n) is 5.36. The SMILES string of the molecule is Cc1cc(O)ccc1NC(=O)c1cc[nH]c(=O)c1. The molecule has 0 bridgehead atoms. The molecule has 5 heteroatoms. The van der Waals surface area contributed by atoms with Gasteiger partial charge in [-0.15, -0.1) is 0 Å². The average Bonchev–Trinajstić information content (AvgIpc) is 2.32. The maximum Gasteiger partial charge on any atom is 0.255 e. The Balaban J connectivity index is 2.24. The Labute approximate surface area is 103 Å². The first-order valence-corrected chi connectivity index (χ1v) is 5.36. The summed E-state index contributed by atoms with van der Waals surface area (Å²) in [5.74, 6) is -0.225. The first-order chi connectivity index (χ1) is 8.56. The van der Waals surface area contributed by atoms with E-state index in [1.165, 1.54) is 24.4 Å². The lowest BCUT2D eigenvalue weighted by Gasteiger charge is -2.08. The number of carbonyl (C=O) groups excluding carboxylic acids is 1. The van der Waals surface area contributed by atoms with E-state index in [9.17, 15) is 14.7 Å². The van der Waals surface area contributed by atoms with Crippen LogP contribution in [0.15, 0.2) is 41.3 Å². The molecule has 1 heterocycles. The second kappa shape index (κ2) is 4.75. The van der Waals surface area contributed by atoms with Gasteiger partial charge in [-0.05, 0) is 36.8 Å². The number of rotatable bonds is 2. The normalized spacial score (nSPS) is 10.1. The van der Waals surface area contributed by atoms with E-state index < -0.39 is 0 Å². The second-order valence-corrected chi connectivity index (χ2v) is 3.89. The van der Waals surface area contributed by atoms with Gasteiger partial charge in [0.05, 0.1) is 0 Å². The number of aryl methyl sites for hydroxylation is 1. The molecule has 3 N–H and O–H groups in total. The van der Waals surface area contributed by atoms with Crippen LogP contribution in [0.4, 0.5) is 5.69 Å². The van der Waals surface area contributed by atoms with Crippen LogP contribution in [0.25, 0.3) is 0 Å². The van der Waals surface area contributed by atoms with Crippen molar-refractivity contribution in [3.05, 3.63) is 58.0 Å². The van der Waals surface area contributed by atoms with Crippen molar-refractivity contribution in [2.45, 2.75) is 6.92 Å². The van der Waals surface area contributed by atoms with E-state index in [1.807, 2.05) is 0 Å². The monoisotopic (exact) mass is 244 g/mol. The fourth-order valence-corrected chi connectivity index (χ4v) is 1.57. The van der Waals surface area contributed by atoms with Gasteiger partial charge in [0.2, 0.25) is 5.56 Å². The van der Waals surface area contributed by atoms with E-state index >= 15 is 0 Å². The van der Waals surface area contributed by atoms with Gasteiger partial charge >= 0.3 is 0 Å². The molecule has 1 aromatic heterocycles. The van der Waals surface area contributed by atoms with Crippen LogP contribution >= 0.6 is 0 Å². The number of nitrogens with one attached hydrogen (secondary N) is 2. The third-order valence-corrected chi connectivity index (χ3v) is 2.50. The molecule has 0 radical (unpaired) electrons. The topological polar surface area (TPSA) is 82.2 Å². The van der Waals surface area contributed by atoms with Crippen molar-refractivity contribution in [3.8, 4) is 5.75 Å². The number of anilines is 1. The number of hydrogen-bond donors (Lipinski definition) is 3. The van der Waals surface area contributed by atoms with Gasteiger partial charge in [-0.3, -0.25) is 9.59 Å². The first kappa shape index (κ1) is 11.9. The molecule has 0 aliphatic heterocycles. The Morgan fingerprint density at radius 1 is 1.28 bits per heavy atom. The fraction of sp³-hybridized carbons (Fsp3) is 0.0769. The Morgan fingerprint density at radius 3 is 2.72 bits per heavy atom. The van der Waals surface area contributed by atoms with E-state index in [-0.39, 0.29) is 22.8 Å². The summed E-state index contributed by atoms with van der Waals surface area (Å²) in [7, 11) is 0. The molecular formula is C13H12N2O3. The number of aromatic nitrogens is 1. The Morgan fingerprint density at radius 2 is 2.06 bits per heavy atom. The van der Waals surface area contributed by atoms with Crippen LogP contribution in [0.3, 0.4) is 0 Å². The Hall–Kier alpha value is -2.56. The van der Waals surface area contributed by atoms with E-state index in [1.54, 1.807) is 19.1 Å². The minimum Gasteiger partial charge on any atom is -0.508 e. The van der Waals surface area contributed by atoms with Crippen molar-refractivity contribution in [3.63, 3.8) is 0 Å². The summed E-state index contributed by atoms with van der Waals surface area (Å²) in [6.45, 7) is 1.77. The number of phenols is 1. The molecule has 0 saturated carbocycles. The zero-order chi connectivity index (χ0) is 13.1. The maximum absolute atomic E-state index is 11.9. The summed E-state index contributed by atoms with van der Waals surface area (Å²) in [6.07, 6.45) is 1.42. The van der Waals surface area contributed by atoms with Crippen molar-refractivity contribution >= 4 is 11.6 Å².